The Labute approximate surface area is 124 Å². The fourth-order valence-corrected chi connectivity index (χ4v) is 2.22. The van der Waals surface area contributed by atoms with Gasteiger partial charge in [-0.1, -0.05) is 18.2 Å². The summed E-state index contributed by atoms with van der Waals surface area (Å²) in [6, 6.07) is 7.87. The Bertz CT molecular complexity index is 511. The van der Waals surface area contributed by atoms with Gasteiger partial charge in [0.2, 0.25) is 5.91 Å². The van der Waals surface area contributed by atoms with Crippen LogP contribution in [0.15, 0.2) is 24.3 Å². The summed E-state index contributed by atoms with van der Waals surface area (Å²) < 4.78 is 5.64. The number of carboxylic acids is 1. The van der Waals surface area contributed by atoms with Gasteiger partial charge in [0.25, 0.3) is 0 Å². The molecule has 0 aliphatic heterocycles. The summed E-state index contributed by atoms with van der Waals surface area (Å²) in [4.78, 5) is 24.3. The van der Waals surface area contributed by atoms with Gasteiger partial charge in [0, 0.05) is 12.5 Å². The molecular formula is C16H21NO4. The molecule has 1 N–H and O–H groups in total. The van der Waals surface area contributed by atoms with Gasteiger partial charge in [-0.2, -0.15) is 0 Å². The number of nitrogens with zero attached hydrogens (tertiary/aromatic N) is 1. The number of hydrogen-bond donors (Lipinski definition) is 1. The number of aliphatic carboxylic acids is 1. The Morgan fingerprint density at radius 2 is 2.05 bits per heavy atom. The van der Waals surface area contributed by atoms with Crippen molar-refractivity contribution in [3.8, 4) is 5.75 Å². The van der Waals surface area contributed by atoms with Crippen LogP contribution in [-0.2, 0) is 9.59 Å². The Balaban J connectivity index is 1.73. The quantitative estimate of drug-likeness (QED) is 0.746. The molecule has 0 bridgehead atoms. The number of carbonyl (C=O) groups excluding carboxylic acids is 1. The number of para-hydroxylation sites is 1. The molecule has 0 atom stereocenters. The Morgan fingerprint density at radius 1 is 1.33 bits per heavy atom. The zero-order valence-corrected chi connectivity index (χ0v) is 12.2. The largest absolute Gasteiger partial charge is 0.493 e. The van der Waals surface area contributed by atoms with Crippen molar-refractivity contribution >= 4 is 11.9 Å². The zero-order chi connectivity index (χ0) is 15.2. The highest BCUT2D eigenvalue weighted by atomic mass is 16.5. The van der Waals surface area contributed by atoms with E-state index >= 15 is 0 Å². The molecule has 0 aromatic heterocycles. The van der Waals surface area contributed by atoms with E-state index in [-0.39, 0.29) is 18.5 Å². The van der Waals surface area contributed by atoms with E-state index in [0.717, 1.165) is 24.2 Å². The first-order valence-electron chi connectivity index (χ1n) is 7.27. The van der Waals surface area contributed by atoms with Gasteiger partial charge < -0.3 is 14.7 Å². The standard InChI is InChI=1S/C16H21NO4/c1-12-5-2-3-6-14(12)21-10-4-7-15(18)17(11-16(19)20)13-8-9-13/h2-3,5-6,13H,4,7-11H2,1H3,(H,19,20). The molecule has 2 rings (SSSR count). The minimum absolute atomic E-state index is 0.0896. The van der Waals surface area contributed by atoms with E-state index in [0.29, 0.717) is 19.4 Å². The van der Waals surface area contributed by atoms with Crippen molar-refractivity contribution in [2.75, 3.05) is 13.2 Å². The molecule has 0 heterocycles. The van der Waals surface area contributed by atoms with Gasteiger partial charge in [-0.25, -0.2) is 0 Å². The summed E-state index contributed by atoms with van der Waals surface area (Å²) in [6.07, 6.45) is 2.75. The van der Waals surface area contributed by atoms with Gasteiger partial charge in [-0.05, 0) is 37.8 Å². The molecular weight excluding hydrogens is 270 g/mol. The number of ether oxygens (including phenoxy) is 1. The second-order valence-corrected chi connectivity index (χ2v) is 5.36. The third-order valence-corrected chi connectivity index (χ3v) is 3.50. The molecule has 1 amide bonds. The van der Waals surface area contributed by atoms with Gasteiger partial charge in [-0.3, -0.25) is 9.59 Å². The Morgan fingerprint density at radius 3 is 2.67 bits per heavy atom. The van der Waals surface area contributed by atoms with Crippen LogP contribution in [-0.4, -0.2) is 41.1 Å². The lowest BCUT2D eigenvalue weighted by Gasteiger charge is -2.20. The molecule has 5 heteroatoms. The molecule has 0 spiro atoms. The zero-order valence-electron chi connectivity index (χ0n) is 12.2. The molecule has 1 fully saturated rings. The molecule has 1 aliphatic carbocycles. The lowest BCUT2D eigenvalue weighted by atomic mass is 10.2. The third kappa shape index (κ3) is 4.77. The fourth-order valence-electron chi connectivity index (χ4n) is 2.22. The summed E-state index contributed by atoms with van der Waals surface area (Å²) >= 11 is 0. The second kappa shape index (κ2) is 7.11. The van der Waals surface area contributed by atoms with E-state index < -0.39 is 5.97 Å². The minimum Gasteiger partial charge on any atom is -0.493 e. The molecule has 21 heavy (non-hydrogen) atoms. The summed E-state index contributed by atoms with van der Waals surface area (Å²) in [5.74, 6) is -0.214. The van der Waals surface area contributed by atoms with Crippen LogP contribution in [0.4, 0.5) is 0 Å². The van der Waals surface area contributed by atoms with Crippen molar-refractivity contribution in [2.24, 2.45) is 0 Å². The van der Waals surface area contributed by atoms with E-state index in [1.165, 1.54) is 4.90 Å². The van der Waals surface area contributed by atoms with Crippen LogP contribution < -0.4 is 4.74 Å². The van der Waals surface area contributed by atoms with Crippen LogP contribution in [0, 0.1) is 6.92 Å². The first-order chi connectivity index (χ1) is 10.1. The molecule has 0 saturated heterocycles. The van der Waals surface area contributed by atoms with E-state index in [1.807, 2.05) is 31.2 Å². The van der Waals surface area contributed by atoms with E-state index in [1.54, 1.807) is 0 Å². The van der Waals surface area contributed by atoms with Crippen molar-refractivity contribution in [3.05, 3.63) is 29.8 Å². The van der Waals surface area contributed by atoms with Crippen LogP contribution >= 0.6 is 0 Å². The summed E-state index contributed by atoms with van der Waals surface area (Å²) in [7, 11) is 0. The molecule has 0 unspecified atom stereocenters. The van der Waals surface area contributed by atoms with E-state index in [4.69, 9.17) is 9.84 Å². The van der Waals surface area contributed by atoms with Crippen LogP contribution in [0.1, 0.15) is 31.2 Å². The fraction of sp³-hybridized carbons (Fsp3) is 0.500. The second-order valence-electron chi connectivity index (χ2n) is 5.36. The molecule has 1 aromatic rings. The molecule has 0 radical (unpaired) electrons. The van der Waals surface area contributed by atoms with Crippen LogP contribution in [0.2, 0.25) is 0 Å². The van der Waals surface area contributed by atoms with E-state index in [2.05, 4.69) is 0 Å². The normalized spacial score (nSPS) is 13.8. The summed E-state index contributed by atoms with van der Waals surface area (Å²) in [6.45, 7) is 2.24. The number of amides is 1. The highest BCUT2D eigenvalue weighted by Crippen LogP contribution is 2.27. The average molecular weight is 291 g/mol. The molecule has 5 nitrogen and oxygen atoms in total. The van der Waals surface area contributed by atoms with Crippen molar-refractivity contribution in [2.45, 2.75) is 38.6 Å². The first-order valence-corrected chi connectivity index (χ1v) is 7.27. The molecule has 1 aliphatic rings. The van der Waals surface area contributed by atoms with E-state index in [9.17, 15) is 9.59 Å². The highest BCUT2D eigenvalue weighted by Gasteiger charge is 2.33. The van der Waals surface area contributed by atoms with Crippen LogP contribution in [0.3, 0.4) is 0 Å². The SMILES string of the molecule is Cc1ccccc1OCCCC(=O)N(CC(=O)O)C1CC1. The lowest BCUT2D eigenvalue weighted by molar-refractivity contribution is -0.145. The predicted molar refractivity (Wildman–Crippen MR) is 78.3 cm³/mol. The minimum atomic E-state index is -0.952. The monoisotopic (exact) mass is 291 g/mol. The van der Waals surface area contributed by atoms with Gasteiger partial charge in [-0.15, -0.1) is 0 Å². The Hall–Kier alpha value is -2.04. The van der Waals surface area contributed by atoms with Crippen molar-refractivity contribution in [1.82, 2.24) is 4.90 Å². The topological polar surface area (TPSA) is 66.8 Å². The molecule has 1 saturated carbocycles. The Kier molecular flexibility index (Phi) is 5.20. The van der Waals surface area contributed by atoms with Gasteiger partial charge in [0.15, 0.2) is 0 Å². The van der Waals surface area contributed by atoms with Gasteiger partial charge >= 0.3 is 5.97 Å². The third-order valence-electron chi connectivity index (χ3n) is 3.50. The maximum absolute atomic E-state index is 12.0. The van der Waals surface area contributed by atoms with Crippen LogP contribution in [0.5, 0.6) is 5.75 Å². The van der Waals surface area contributed by atoms with Gasteiger partial charge in [0.05, 0.1) is 6.61 Å². The maximum atomic E-state index is 12.0. The number of hydrogen-bond acceptors (Lipinski definition) is 3. The predicted octanol–water partition coefficient (Wildman–Crippen LogP) is 2.23. The first kappa shape index (κ1) is 15.4. The van der Waals surface area contributed by atoms with Crippen LogP contribution in [0.25, 0.3) is 0 Å². The van der Waals surface area contributed by atoms with Gasteiger partial charge in [0.1, 0.15) is 12.3 Å². The summed E-state index contributed by atoms with van der Waals surface area (Å²) in [5, 5.41) is 8.84. The number of benzene rings is 1. The number of aryl methyl sites for hydroxylation is 1. The maximum Gasteiger partial charge on any atom is 0.323 e. The average Bonchev–Trinajstić information content (AvgIpc) is 3.27. The lowest BCUT2D eigenvalue weighted by Crippen LogP contribution is -2.37. The van der Waals surface area contributed by atoms with Crippen molar-refractivity contribution in [3.63, 3.8) is 0 Å². The smallest absolute Gasteiger partial charge is 0.323 e. The molecule has 114 valence electrons. The number of rotatable bonds is 8. The van der Waals surface area contributed by atoms with Crippen molar-refractivity contribution in [1.29, 1.82) is 0 Å². The summed E-state index contributed by atoms with van der Waals surface area (Å²) in [5.41, 5.74) is 1.06. The number of carboxylic acid groups (broad SMARTS) is 1. The van der Waals surface area contributed by atoms with Crippen molar-refractivity contribution < 1.29 is 19.4 Å². The molecule has 1 aromatic carbocycles. The number of carbonyl (C=O) groups is 2. The highest BCUT2D eigenvalue weighted by molar-refractivity contribution is 5.81.